The second-order valence-corrected chi connectivity index (χ2v) is 8.95. The Morgan fingerprint density at radius 3 is 2.31 bits per heavy atom. The van der Waals surface area contributed by atoms with E-state index in [0.717, 1.165) is 12.2 Å². The van der Waals surface area contributed by atoms with Gasteiger partial charge in [-0.25, -0.2) is 0 Å². The molecule has 0 bridgehead atoms. The summed E-state index contributed by atoms with van der Waals surface area (Å²) in [4.78, 5) is 14.5. The van der Waals surface area contributed by atoms with Crippen LogP contribution in [0.4, 0.5) is 5.69 Å². The Morgan fingerprint density at radius 2 is 1.67 bits per heavy atom. The first kappa shape index (κ1) is 25.7. The molecule has 0 saturated heterocycles. The minimum atomic E-state index is -0.125. The zero-order valence-corrected chi connectivity index (χ0v) is 23.1. The molecule has 2 aromatic heterocycles. The van der Waals surface area contributed by atoms with Crippen LogP contribution in [-0.2, 0) is 24.9 Å². The van der Waals surface area contributed by atoms with E-state index in [1.807, 2.05) is 0 Å². The van der Waals surface area contributed by atoms with Gasteiger partial charge in [0.1, 0.15) is 0 Å². The summed E-state index contributed by atoms with van der Waals surface area (Å²) >= 11 is 0. The fourth-order valence-corrected chi connectivity index (χ4v) is 4.86. The largest absolute Gasteiger partial charge is 0.512 e. The summed E-state index contributed by atoms with van der Waals surface area (Å²) in [6, 6.07) is 23.2. The van der Waals surface area contributed by atoms with Gasteiger partial charge in [0.15, 0.2) is 5.78 Å². The number of allylic oxidation sites excluding steroid dienone is 2. The smallest absolute Gasteiger partial charge is 0.155 e. The van der Waals surface area contributed by atoms with Crippen LogP contribution in [-0.4, -0.2) is 26.7 Å². The number of aliphatic hydroxyl groups is 1. The van der Waals surface area contributed by atoms with E-state index in [2.05, 4.69) is 101 Å². The van der Waals surface area contributed by atoms with Crippen LogP contribution in [0.3, 0.4) is 0 Å². The molecule has 0 amide bonds. The molecule has 6 rings (SSSR count). The van der Waals surface area contributed by atoms with Crippen LogP contribution in [0.15, 0.2) is 78.8 Å². The molecule has 0 atom stereocenters. The first-order valence-electron chi connectivity index (χ1n) is 12.0. The van der Waals surface area contributed by atoms with Gasteiger partial charge in [-0.15, -0.1) is 5.39 Å². The second kappa shape index (κ2) is 10.7. The molecule has 0 aliphatic carbocycles. The van der Waals surface area contributed by atoms with Gasteiger partial charge in [0.2, 0.25) is 0 Å². The number of aromatic nitrogens is 1. The van der Waals surface area contributed by atoms with Gasteiger partial charge in [0.05, 0.1) is 5.76 Å². The number of ketones is 1. The van der Waals surface area contributed by atoms with Crippen LogP contribution in [0.25, 0.3) is 38.1 Å². The third-order valence-corrected chi connectivity index (χ3v) is 6.29. The average Bonchev–Trinajstić information content (AvgIpc) is 3.53. The molecular formula is C30H29IrN3O2-2. The Kier molecular flexibility index (Phi) is 7.67. The molecule has 1 aliphatic heterocycles. The standard InChI is InChI=1S/C25H21N3.C5H8O2.Ir/c1-2-3-14-26-15-16-27(17-26)23-13-12-19-18-8-4-6-10-21(18)28-22-11-7-5-9-20(22)24(23)25(19)28;1-4(6)3-5(2)7;/h4-12,15-17H,2-3,14H2,1H3;3,6H,1-2H3;/q-2;;/b;4-3-;. The van der Waals surface area contributed by atoms with Crippen LogP contribution in [0.5, 0.6) is 0 Å². The normalized spacial score (nSPS) is 13.6. The number of hydrogen-bond donors (Lipinski definition) is 1. The quantitative estimate of drug-likeness (QED) is 0.124. The third-order valence-electron chi connectivity index (χ3n) is 6.29. The molecule has 0 saturated carbocycles. The summed E-state index contributed by atoms with van der Waals surface area (Å²) in [7, 11) is 0. The van der Waals surface area contributed by atoms with Crippen LogP contribution in [0.1, 0.15) is 33.6 Å². The Labute approximate surface area is 225 Å². The first-order chi connectivity index (χ1) is 17.0. The van der Waals surface area contributed by atoms with E-state index in [-0.39, 0.29) is 31.6 Å². The van der Waals surface area contributed by atoms with E-state index in [1.54, 1.807) is 0 Å². The Balaban J connectivity index is 0.000000338. The number of rotatable bonds is 5. The molecule has 187 valence electrons. The van der Waals surface area contributed by atoms with E-state index in [0.29, 0.717) is 0 Å². The molecule has 0 spiro atoms. The Morgan fingerprint density at radius 1 is 1.00 bits per heavy atom. The number of nitrogens with zero attached hydrogens (tertiary/aromatic N) is 3. The summed E-state index contributed by atoms with van der Waals surface area (Å²) < 4.78 is 2.42. The number of benzene rings is 3. The number of hydrogen-bond acceptors (Lipinski definition) is 4. The maximum Gasteiger partial charge on any atom is 0.155 e. The van der Waals surface area contributed by atoms with Gasteiger partial charge in [-0.1, -0.05) is 60.8 Å². The van der Waals surface area contributed by atoms with Gasteiger partial charge >= 0.3 is 0 Å². The fraction of sp³-hybridized carbons (Fsp3) is 0.200. The van der Waals surface area contributed by atoms with E-state index < -0.39 is 0 Å². The van der Waals surface area contributed by atoms with Gasteiger partial charge in [-0.05, 0) is 67.6 Å². The minimum Gasteiger partial charge on any atom is -0.512 e. The van der Waals surface area contributed by atoms with Crippen molar-refractivity contribution in [1.82, 2.24) is 9.30 Å². The van der Waals surface area contributed by atoms with Crippen molar-refractivity contribution >= 4 is 49.6 Å². The molecule has 1 aliphatic rings. The van der Waals surface area contributed by atoms with Crippen molar-refractivity contribution in [2.45, 2.75) is 33.6 Å². The van der Waals surface area contributed by atoms with Crippen molar-refractivity contribution in [2.24, 2.45) is 0 Å². The number of para-hydroxylation sites is 2. The molecule has 1 radical (unpaired) electrons. The molecule has 3 aromatic carbocycles. The van der Waals surface area contributed by atoms with Crippen molar-refractivity contribution in [1.29, 1.82) is 0 Å². The molecule has 6 heteroatoms. The molecule has 0 fully saturated rings. The van der Waals surface area contributed by atoms with Crippen molar-refractivity contribution in [3.8, 4) is 0 Å². The minimum absolute atomic E-state index is 0. The predicted molar refractivity (Wildman–Crippen MR) is 145 cm³/mol. The molecule has 3 heterocycles. The molecule has 36 heavy (non-hydrogen) atoms. The maximum atomic E-state index is 10.0. The van der Waals surface area contributed by atoms with E-state index >= 15 is 0 Å². The first-order valence-corrected chi connectivity index (χ1v) is 12.0. The van der Waals surface area contributed by atoms with Crippen molar-refractivity contribution < 1.29 is 30.0 Å². The number of carbonyl (C=O) groups is 1. The number of unbranched alkanes of at least 4 members (excludes halogenated alkanes) is 1. The van der Waals surface area contributed by atoms with E-state index in [4.69, 9.17) is 5.11 Å². The number of fused-ring (bicyclic) bond motifs is 6. The maximum absolute atomic E-state index is 10.0. The van der Waals surface area contributed by atoms with Crippen molar-refractivity contribution in [3.63, 3.8) is 0 Å². The number of anilines is 1. The third kappa shape index (κ3) is 4.59. The molecule has 5 nitrogen and oxygen atoms in total. The SMILES string of the molecule is CC(=O)/C=C(/C)O.CCCCN1C=CN(c2[c-]cc3c4ccccc4n4c5ccccc5c2c34)[CH-]1.[Ir]. The summed E-state index contributed by atoms with van der Waals surface area (Å²) in [5, 5.41) is 13.5. The topological polar surface area (TPSA) is 48.2 Å². The predicted octanol–water partition coefficient (Wildman–Crippen LogP) is 7.18. The van der Waals surface area contributed by atoms with Gasteiger partial charge in [0, 0.05) is 37.2 Å². The second-order valence-electron chi connectivity index (χ2n) is 8.95. The summed E-state index contributed by atoms with van der Waals surface area (Å²) in [6.07, 6.45) is 7.88. The fourth-order valence-electron chi connectivity index (χ4n) is 4.86. The molecule has 5 aromatic rings. The average molecular weight is 656 g/mol. The van der Waals surface area contributed by atoms with Crippen LogP contribution in [0.2, 0.25) is 0 Å². The van der Waals surface area contributed by atoms with Crippen LogP contribution >= 0.6 is 0 Å². The van der Waals surface area contributed by atoms with Crippen molar-refractivity contribution in [2.75, 3.05) is 11.4 Å². The van der Waals surface area contributed by atoms with Gasteiger partial charge in [0.25, 0.3) is 0 Å². The Bertz CT molecular complexity index is 1580. The van der Waals surface area contributed by atoms with E-state index in [9.17, 15) is 4.79 Å². The summed E-state index contributed by atoms with van der Waals surface area (Å²) in [6.45, 7) is 8.33. The number of carbonyl (C=O) groups excluding carboxylic acids is 1. The molecule has 1 N–H and O–H groups in total. The summed E-state index contributed by atoms with van der Waals surface area (Å²) in [5.41, 5.74) is 4.94. The monoisotopic (exact) mass is 656 g/mol. The van der Waals surface area contributed by atoms with Gasteiger partial charge in [-0.3, -0.25) is 4.79 Å². The Hall–Kier alpha value is -3.34. The number of aliphatic hydroxyl groups excluding tert-OH is 1. The van der Waals surface area contributed by atoms with Crippen molar-refractivity contribution in [3.05, 3.63) is 91.6 Å². The van der Waals surface area contributed by atoms with E-state index in [1.165, 1.54) is 70.9 Å². The zero-order chi connectivity index (χ0) is 24.5. The molecule has 0 unspecified atom stereocenters. The zero-order valence-electron chi connectivity index (χ0n) is 20.7. The summed E-state index contributed by atoms with van der Waals surface area (Å²) in [5.74, 6) is -0.0625. The van der Waals surface area contributed by atoms with Gasteiger partial charge in [-0.2, -0.15) is 18.8 Å². The molecular weight excluding hydrogens is 627 g/mol. The van der Waals surface area contributed by atoms with Gasteiger partial charge < -0.3 is 19.3 Å². The van der Waals surface area contributed by atoms with Crippen LogP contribution < -0.4 is 4.90 Å². The van der Waals surface area contributed by atoms with Crippen LogP contribution in [0, 0.1) is 12.7 Å².